The smallest absolute Gasteiger partial charge is 0.349 e. The zero-order valence-electron chi connectivity index (χ0n) is 25.9. The summed E-state index contributed by atoms with van der Waals surface area (Å²) < 4.78 is 36.2. The van der Waals surface area contributed by atoms with E-state index in [-0.39, 0.29) is 39.8 Å². The Hall–Kier alpha value is -6.12. The molecule has 1 amide bonds. The molecule has 15 heteroatoms. The molecule has 248 valence electrons. The average Bonchev–Trinajstić information content (AvgIpc) is 3.03. The van der Waals surface area contributed by atoms with Gasteiger partial charge in [0.25, 0.3) is 5.91 Å². The van der Waals surface area contributed by atoms with E-state index in [1.54, 1.807) is 19.1 Å². The summed E-state index contributed by atoms with van der Waals surface area (Å²) in [7, 11) is 2.49. The highest BCUT2D eigenvalue weighted by atomic mass is 16.6. The summed E-state index contributed by atoms with van der Waals surface area (Å²) in [6.07, 6.45) is -4.60. The summed E-state index contributed by atoms with van der Waals surface area (Å²) in [4.78, 5) is 75.0. The van der Waals surface area contributed by atoms with Crippen molar-refractivity contribution in [1.82, 2.24) is 0 Å². The summed E-state index contributed by atoms with van der Waals surface area (Å²) in [6, 6.07) is 13.1. The van der Waals surface area contributed by atoms with E-state index in [0.29, 0.717) is 12.4 Å². The molecule has 2 N–H and O–H groups in total. The molecular weight excluding hydrogens is 622 g/mol. The molecular formula is C32H31NO14. The predicted octanol–water partition coefficient (Wildman–Crippen LogP) is 3.43. The number of methoxy groups -OCH3 is 2. The van der Waals surface area contributed by atoms with Crippen molar-refractivity contribution in [3.63, 3.8) is 0 Å². The standard InChI is InChI=1S/C32H31NO14/c1-6-43-22-11-9-21(10-12-22)33-29(36)27(46-31(39)19-7-13-23(44-17(2)34)25(15-19)41-4)28(30(37)38)47-32(40)20-8-14-24(45-18(3)35)26(16-20)42-5/h7-16,27-28H,6H2,1-5H3,(H,33,36)(H,37,38)/t27-,28+/m0/s1. The van der Waals surface area contributed by atoms with Gasteiger partial charge < -0.3 is 43.6 Å². The lowest BCUT2D eigenvalue weighted by Gasteiger charge is -2.24. The lowest BCUT2D eigenvalue weighted by atomic mass is 10.1. The van der Waals surface area contributed by atoms with E-state index in [2.05, 4.69) is 5.32 Å². The van der Waals surface area contributed by atoms with E-state index >= 15 is 0 Å². The minimum atomic E-state index is -2.37. The van der Waals surface area contributed by atoms with Crippen LogP contribution in [0.2, 0.25) is 0 Å². The first-order valence-electron chi connectivity index (χ1n) is 13.8. The zero-order chi connectivity index (χ0) is 34.7. The molecule has 3 aromatic carbocycles. The number of benzene rings is 3. The molecule has 0 aliphatic rings. The Kier molecular flexibility index (Phi) is 12.2. The summed E-state index contributed by atoms with van der Waals surface area (Å²) >= 11 is 0. The second-order valence-corrected chi connectivity index (χ2v) is 9.36. The Balaban J connectivity index is 1.97. The van der Waals surface area contributed by atoms with Crippen molar-refractivity contribution in [2.75, 3.05) is 26.1 Å². The number of anilines is 1. The van der Waals surface area contributed by atoms with E-state index in [1.807, 2.05) is 0 Å². The van der Waals surface area contributed by atoms with Crippen molar-refractivity contribution < 1.29 is 67.0 Å². The molecule has 0 unspecified atom stereocenters. The monoisotopic (exact) mass is 653 g/mol. The van der Waals surface area contributed by atoms with Crippen molar-refractivity contribution in [2.45, 2.75) is 33.0 Å². The van der Waals surface area contributed by atoms with Gasteiger partial charge in [0.15, 0.2) is 23.0 Å². The fourth-order valence-electron chi connectivity index (χ4n) is 3.94. The number of aliphatic carboxylic acids is 1. The summed E-state index contributed by atoms with van der Waals surface area (Å²) in [6.45, 7) is 4.49. The Morgan fingerprint density at radius 2 is 1.15 bits per heavy atom. The number of rotatable bonds is 14. The van der Waals surface area contributed by atoms with Gasteiger partial charge in [-0.3, -0.25) is 14.4 Å². The number of amides is 1. The van der Waals surface area contributed by atoms with E-state index in [4.69, 9.17) is 33.2 Å². The van der Waals surface area contributed by atoms with Gasteiger partial charge in [-0.15, -0.1) is 0 Å². The van der Waals surface area contributed by atoms with Crippen LogP contribution in [0, 0.1) is 0 Å². The molecule has 0 aromatic heterocycles. The van der Waals surface area contributed by atoms with Crippen molar-refractivity contribution >= 4 is 41.4 Å². The third kappa shape index (κ3) is 9.68. The molecule has 0 radical (unpaired) electrons. The molecule has 3 rings (SSSR count). The molecule has 0 aliphatic heterocycles. The van der Waals surface area contributed by atoms with Gasteiger partial charge in [0.2, 0.25) is 12.2 Å². The Morgan fingerprint density at radius 3 is 1.55 bits per heavy atom. The van der Waals surface area contributed by atoms with E-state index in [9.17, 15) is 33.9 Å². The summed E-state index contributed by atoms with van der Waals surface area (Å²) in [5, 5.41) is 12.5. The van der Waals surface area contributed by atoms with Crippen LogP contribution in [0.25, 0.3) is 0 Å². The minimum Gasteiger partial charge on any atom is -0.494 e. The summed E-state index contributed by atoms with van der Waals surface area (Å²) in [5.74, 6) is -6.41. The Bertz CT molecular complexity index is 1650. The van der Waals surface area contributed by atoms with E-state index < -0.39 is 48.0 Å². The lowest BCUT2D eigenvalue weighted by molar-refractivity contribution is -0.157. The SMILES string of the molecule is CCOc1ccc(NC(=O)[C@@H](OC(=O)c2ccc(OC(C)=O)c(OC)c2)[C@@H](OC(=O)c2ccc(OC(C)=O)c(OC)c2)C(=O)O)cc1. The maximum atomic E-state index is 13.5. The van der Waals surface area contributed by atoms with Gasteiger partial charge in [0.1, 0.15) is 5.75 Å². The normalized spacial score (nSPS) is 11.6. The van der Waals surface area contributed by atoms with Gasteiger partial charge in [0.05, 0.1) is 32.0 Å². The van der Waals surface area contributed by atoms with Gasteiger partial charge in [-0.1, -0.05) is 0 Å². The maximum absolute atomic E-state index is 13.5. The van der Waals surface area contributed by atoms with Crippen LogP contribution < -0.4 is 29.0 Å². The number of hydrogen-bond donors (Lipinski definition) is 2. The number of carboxylic acid groups (broad SMARTS) is 1. The fourth-order valence-corrected chi connectivity index (χ4v) is 3.94. The first-order chi connectivity index (χ1) is 22.4. The third-order valence-corrected chi connectivity index (χ3v) is 5.98. The number of hydrogen-bond acceptors (Lipinski definition) is 13. The molecule has 2 atom stereocenters. The number of ether oxygens (including phenoxy) is 7. The van der Waals surface area contributed by atoms with E-state index in [1.165, 1.54) is 50.6 Å². The molecule has 3 aromatic rings. The van der Waals surface area contributed by atoms with Gasteiger partial charge >= 0.3 is 29.8 Å². The molecule has 0 saturated heterocycles. The maximum Gasteiger partial charge on any atom is 0.349 e. The highest BCUT2D eigenvalue weighted by molar-refractivity contribution is 6.01. The second-order valence-electron chi connectivity index (χ2n) is 9.36. The fraction of sp³-hybridized carbons (Fsp3) is 0.250. The average molecular weight is 654 g/mol. The van der Waals surface area contributed by atoms with Crippen LogP contribution in [0.4, 0.5) is 5.69 Å². The van der Waals surface area contributed by atoms with Crippen LogP contribution in [-0.2, 0) is 28.7 Å². The molecule has 0 spiro atoms. The Labute approximate surface area is 268 Å². The molecule has 0 aliphatic carbocycles. The molecule has 0 fully saturated rings. The van der Waals surface area contributed by atoms with Crippen molar-refractivity contribution in [3.8, 4) is 28.7 Å². The molecule has 47 heavy (non-hydrogen) atoms. The minimum absolute atomic E-state index is 0.0196. The predicted molar refractivity (Wildman–Crippen MR) is 161 cm³/mol. The van der Waals surface area contributed by atoms with Crippen LogP contribution in [-0.4, -0.2) is 73.9 Å². The van der Waals surface area contributed by atoms with Gasteiger partial charge in [-0.2, -0.15) is 0 Å². The van der Waals surface area contributed by atoms with Crippen molar-refractivity contribution in [1.29, 1.82) is 0 Å². The number of carbonyl (C=O) groups excluding carboxylic acids is 5. The number of carboxylic acids is 1. The zero-order valence-corrected chi connectivity index (χ0v) is 25.9. The Morgan fingerprint density at radius 1 is 0.681 bits per heavy atom. The first-order valence-corrected chi connectivity index (χ1v) is 13.8. The highest BCUT2D eigenvalue weighted by Gasteiger charge is 2.41. The van der Waals surface area contributed by atoms with Crippen LogP contribution in [0.15, 0.2) is 60.7 Å². The molecule has 0 saturated carbocycles. The van der Waals surface area contributed by atoms with Gasteiger partial charge in [-0.25, -0.2) is 14.4 Å². The molecule has 0 heterocycles. The number of carbonyl (C=O) groups is 6. The third-order valence-electron chi connectivity index (χ3n) is 5.98. The largest absolute Gasteiger partial charge is 0.494 e. The topological polar surface area (TPSA) is 199 Å². The quantitative estimate of drug-likeness (QED) is 0.189. The van der Waals surface area contributed by atoms with Crippen molar-refractivity contribution in [2.24, 2.45) is 0 Å². The van der Waals surface area contributed by atoms with Crippen LogP contribution in [0.3, 0.4) is 0 Å². The van der Waals surface area contributed by atoms with Crippen LogP contribution in [0.1, 0.15) is 41.5 Å². The van der Waals surface area contributed by atoms with Crippen LogP contribution in [0.5, 0.6) is 28.7 Å². The number of nitrogens with one attached hydrogen (secondary N) is 1. The van der Waals surface area contributed by atoms with Crippen LogP contribution >= 0.6 is 0 Å². The van der Waals surface area contributed by atoms with E-state index in [0.717, 1.165) is 26.0 Å². The second kappa shape index (κ2) is 16.3. The summed E-state index contributed by atoms with van der Waals surface area (Å²) in [5.41, 5.74) is -0.294. The number of esters is 4. The molecule has 15 nitrogen and oxygen atoms in total. The van der Waals surface area contributed by atoms with Gasteiger partial charge in [-0.05, 0) is 67.6 Å². The first kappa shape index (κ1) is 35.4. The van der Waals surface area contributed by atoms with Gasteiger partial charge in [0, 0.05) is 19.5 Å². The van der Waals surface area contributed by atoms with Crippen molar-refractivity contribution in [3.05, 3.63) is 71.8 Å². The lowest BCUT2D eigenvalue weighted by Crippen LogP contribution is -2.48. The molecule has 0 bridgehead atoms. The highest BCUT2D eigenvalue weighted by Crippen LogP contribution is 2.30.